The van der Waals surface area contributed by atoms with Gasteiger partial charge in [-0.1, -0.05) is 36.4 Å². The molecule has 0 bridgehead atoms. The molecule has 0 aliphatic rings. The van der Waals surface area contributed by atoms with E-state index in [1.54, 1.807) is 0 Å². The zero-order valence-electron chi connectivity index (χ0n) is 10.5. The second kappa shape index (κ2) is 4.66. The maximum absolute atomic E-state index is 11.3. The van der Waals surface area contributed by atoms with Gasteiger partial charge in [0.2, 0.25) is 5.56 Å². The van der Waals surface area contributed by atoms with Gasteiger partial charge in [-0.25, -0.2) is 4.79 Å². The summed E-state index contributed by atoms with van der Waals surface area (Å²) in [4.78, 5) is 25.1. The second-order valence-corrected chi connectivity index (χ2v) is 4.49. The third-order valence-corrected chi connectivity index (χ3v) is 3.22. The van der Waals surface area contributed by atoms with Crippen molar-refractivity contribution in [3.05, 3.63) is 70.6 Å². The Balaban J connectivity index is 2.25. The van der Waals surface area contributed by atoms with E-state index in [-0.39, 0.29) is 5.56 Å². The Labute approximate surface area is 114 Å². The van der Waals surface area contributed by atoms with Crippen LogP contribution >= 0.6 is 0 Å². The zero-order valence-corrected chi connectivity index (χ0v) is 10.5. The highest BCUT2D eigenvalue weighted by Gasteiger charge is 2.12. The molecule has 0 atom stereocenters. The normalized spacial score (nSPS) is 10.6. The van der Waals surface area contributed by atoms with Crippen LogP contribution in [0.5, 0.6) is 0 Å². The Morgan fingerprint density at radius 3 is 2.50 bits per heavy atom. The Kier molecular flexibility index (Phi) is 2.84. The van der Waals surface area contributed by atoms with Gasteiger partial charge in [-0.2, -0.15) is 0 Å². The maximum Gasteiger partial charge on any atom is 0.336 e. The van der Waals surface area contributed by atoms with E-state index < -0.39 is 11.5 Å². The summed E-state index contributed by atoms with van der Waals surface area (Å²) in [5.74, 6) is -1.11. The van der Waals surface area contributed by atoms with E-state index in [0.29, 0.717) is 5.56 Å². The van der Waals surface area contributed by atoms with Crippen LogP contribution in [0.3, 0.4) is 0 Å². The number of H-pyrrole nitrogens is 1. The fourth-order valence-corrected chi connectivity index (χ4v) is 2.24. The number of hydrogen-bond donors (Lipinski definition) is 2. The number of aromatic carboxylic acids is 1. The maximum atomic E-state index is 11.3. The van der Waals surface area contributed by atoms with Gasteiger partial charge in [0.05, 0.1) is 5.56 Å². The molecule has 3 aromatic rings. The number of rotatable bonds is 2. The molecule has 3 rings (SSSR count). The molecule has 0 saturated heterocycles. The SMILES string of the molecule is O=C(O)c1cc(=O)[nH]cc1-c1ccc2ccccc2c1. The molecule has 2 N–H and O–H groups in total. The lowest BCUT2D eigenvalue weighted by molar-refractivity contribution is 0.0697. The number of carboxylic acid groups (broad SMARTS) is 1. The van der Waals surface area contributed by atoms with Gasteiger partial charge in [-0.15, -0.1) is 0 Å². The topological polar surface area (TPSA) is 70.2 Å². The first-order valence-electron chi connectivity index (χ1n) is 6.10. The van der Waals surface area contributed by atoms with Crippen LogP contribution in [0.1, 0.15) is 10.4 Å². The van der Waals surface area contributed by atoms with Crippen molar-refractivity contribution in [2.45, 2.75) is 0 Å². The van der Waals surface area contributed by atoms with E-state index >= 15 is 0 Å². The molecular formula is C16H11NO3. The molecule has 0 radical (unpaired) electrons. The summed E-state index contributed by atoms with van der Waals surface area (Å²) in [7, 11) is 0. The van der Waals surface area contributed by atoms with Crippen LogP contribution in [-0.4, -0.2) is 16.1 Å². The Bertz CT molecular complexity index is 865. The molecule has 2 aromatic carbocycles. The van der Waals surface area contributed by atoms with Crippen LogP contribution in [-0.2, 0) is 0 Å². The molecule has 20 heavy (non-hydrogen) atoms. The van der Waals surface area contributed by atoms with E-state index in [0.717, 1.165) is 22.4 Å². The standard InChI is InChI=1S/C16H11NO3/c18-15-8-13(16(19)20)14(9-17-15)12-6-5-10-3-1-2-4-11(10)7-12/h1-9H,(H,17,18)(H,19,20). The highest BCUT2D eigenvalue weighted by atomic mass is 16.4. The third kappa shape index (κ3) is 2.07. The summed E-state index contributed by atoms with van der Waals surface area (Å²) in [6, 6.07) is 14.6. The molecule has 1 heterocycles. The average molecular weight is 265 g/mol. The number of aromatic amines is 1. The molecule has 0 amide bonds. The molecule has 0 fully saturated rings. The van der Waals surface area contributed by atoms with Crippen molar-refractivity contribution in [1.82, 2.24) is 4.98 Å². The van der Waals surface area contributed by atoms with E-state index in [9.17, 15) is 14.7 Å². The minimum atomic E-state index is -1.11. The quantitative estimate of drug-likeness (QED) is 0.748. The lowest BCUT2D eigenvalue weighted by Crippen LogP contribution is -2.10. The van der Waals surface area contributed by atoms with Gasteiger partial charge in [-0.3, -0.25) is 4.79 Å². The smallest absolute Gasteiger partial charge is 0.336 e. The van der Waals surface area contributed by atoms with Gasteiger partial charge in [0, 0.05) is 17.8 Å². The van der Waals surface area contributed by atoms with Crippen molar-refractivity contribution >= 4 is 16.7 Å². The highest BCUT2D eigenvalue weighted by Crippen LogP contribution is 2.26. The Morgan fingerprint density at radius 1 is 1.00 bits per heavy atom. The monoisotopic (exact) mass is 265 g/mol. The fraction of sp³-hybridized carbons (Fsp3) is 0. The molecule has 0 aliphatic heterocycles. The molecule has 1 aromatic heterocycles. The van der Waals surface area contributed by atoms with Crippen LogP contribution in [0, 0.1) is 0 Å². The molecule has 98 valence electrons. The van der Waals surface area contributed by atoms with Crippen LogP contribution < -0.4 is 5.56 Å². The van der Waals surface area contributed by atoms with Crippen molar-refractivity contribution < 1.29 is 9.90 Å². The van der Waals surface area contributed by atoms with Gasteiger partial charge in [0.15, 0.2) is 0 Å². The Hall–Kier alpha value is -2.88. The number of hydrogen-bond acceptors (Lipinski definition) is 2. The number of aromatic nitrogens is 1. The van der Waals surface area contributed by atoms with E-state index in [1.165, 1.54) is 6.20 Å². The zero-order chi connectivity index (χ0) is 14.1. The van der Waals surface area contributed by atoms with Crippen molar-refractivity contribution in [3.63, 3.8) is 0 Å². The predicted molar refractivity (Wildman–Crippen MR) is 77.0 cm³/mol. The van der Waals surface area contributed by atoms with Crippen LogP contribution in [0.15, 0.2) is 59.5 Å². The molecule has 0 spiro atoms. The highest BCUT2D eigenvalue weighted by molar-refractivity contribution is 5.97. The van der Waals surface area contributed by atoms with Crippen LogP contribution in [0.4, 0.5) is 0 Å². The molecule has 0 unspecified atom stereocenters. The molecular weight excluding hydrogens is 254 g/mol. The van der Waals surface area contributed by atoms with Gasteiger partial charge >= 0.3 is 5.97 Å². The first-order chi connectivity index (χ1) is 9.65. The van der Waals surface area contributed by atoms with Gasteiger partial charge < -0.3 is 10.1 Å². The molecule has 4 nitrogen and oxygen atoms in total. The number of carboxylic acids is 1. The number of nitrogens with one attached hydrogen (secondary N) is 1. The molecule has 0 aliphatic carbocycles. The lowest BCUT2D eigenvalue weighted by atomic mass is 9.99. The first-order valence-corrected chi connectivity index (χ1v) is 6.10. The summed E-state index contributed by atoms with van der Waals surface area (Å²) in [6.07, 6.45) is 1.44. The minimum Gasteiger partial charge on any atom is -0.478 e. The number of pyridine rings is 1. The summed E-state index contributed by atoms with van der Waals surface area (Å²) >= 11 is 0. The number of carbonyl (C=O) groups is 1. The minimum absolute atomic E-state index is 0.00373. The van der Waals surface area contributed by atoms with Gasteiger partial charge in [-0.05, 0) is 22.4 Å². The van der Waals surface area contributed by atoms with Crippen molar-refractivity contribution in [1.29, 1.82) is 0 Å². The van der Waals surface area contributed by atoms with Gasteiger partial charge in [0.1, 0.15) is 0 Å². The third-order valence-electron chi connectivity index (χ3n) is 3.22. The van der Waals surface area contributed by atoms with Crippen LogP contribution in [0.25, 0.3) is 21.9 Å². The molecule has 0 saturated carbocycles. The summed E-state index contributed by atoms with van der Waals surface area (Å²) in [5, 5.41) is 11.3. The van der Waals surface area contributed by atoms with E-state index in [2.05, 4.69) is 4.98 Å². The second-order valence-electron chi connectivity index (χ2n) is 4.49. The largest absolute Gasteiger partial charge is 0.478 e. The fourth-order valence-electron chi connectivity index (χ4n) is 2.24. The van der Waals surface area contributed by atoms with Crippen molar-refractivity contribution in [3.8, 4) is 11.1 Å². The van der Waals surface area contributed by atoms with Crippen molar-refractivity contribution in [2.24, 2.45) is 0 Å². The van der Waals surface area contributed by atoms with E-state index in [1.807, 2.05) is 42.5 Å². The Morgan fingerprint density at radius 2 is 1.75 bits per heavy atom. The van der Waals surface area contributed by atoms with E-state index in [4.69, 9.17) is 0 Å². The number of benzene rings is 2. The average Bonchev–Trinajstić information content (AvgIpc) is 2.46. The lowest BCUT2D eigenvalue weighted by Gasteiger charge is -2.07. The van der Waals surface area contributed by atoms with Crippen molar-refractivity contribution in [2.75, 3.05) is 0 Å². The first kappa shape index (κ1) is 12.2. The summed E-state index contributed by atoms with van der Waals surface area (Å²) in [6.45, 7) is 0. The molecule has 4 heteroatoms. The predicted octanol–water partition coefficient (Wildman–Crippen LogP) is 2.89. The van der Waals surface area contributed by atoms with Gasteiger partial charge in [0.25, 0.3) is 0 Å². The summed E-state index contributed by atoms with van der Waals surface area (Å²) < 4.78 is 0. The van der Waals surface area contributed by atoms with Crippen LogP contribution in [0.2, 0.25) is 0 Å². The number of fused-ring (bicyclic) bond motifs is 1. The summed E-state index contributed by atoms with van der Waals surface area (Å²) in [5.41, 5.74) is 0.844.